The maximum Gasteiger partial charge on any atom is 0.335 e. The number of aromatic carboxylic acids is 1. The van der Waals surface area contributed by atoms with Gasteiger partial charge in [-0.05, 0) is 78.6 Å². The fraction of sp³-hybridized carbons (Fsp3) is 0.148. The second-order valence-corrected chi connectivity index (χ2v) is 7.63. The molecule has 0 aliphatic rings. The summed E-state index contributed by atoms with van der Waals surface area (Å²) >= 11 is 0. The highest BCUT2D eigenvalue weighted by Crippen LogP contribution is 2.30. The molecule has 172 valence electrons. The van der Waals surface area contributed by atoms with E-state index in [0.29, 0.717) is 28.3 Å². The van der Waals surface area contributed by atoms with Crippen molar-refractivity contribution in [1.82, 2.24) is 0 Å². The van der Waals surface area contributed by atoms with Crippen molar-refractivity contribution in [2.24, 2.45) is 0 Å². The molecule has 7 nitrogen and oxygen atoms in total. The van der Waals surface area contributed by atoms with Gasteiger partial charge in [-0.1, -0.05) is 24.3 Å². The number of carboxylic acid groups (broad SMARTS) is 1. The van der Waals surface area contributed by atoms with Crippen LogP contribution in [0.25, 0.3) is 6.08 Å². The number of rotatable bonds is 8. The fourth-order valence-electron chi connectivity index (χ4n) is 3.18. The smallest absolute Gasteiger partial charge is 0.335 e. The van der Waals surface area contributed by atoms with Crippen molar-refractivity contribution in [1.29, 1.82) is 5.26 Å². The van der Waals surface area contributed by atoms with Crippen molar-refractivity contribution in [3.8, 4) is 17.6 Å². The molecule has 2 N–H and O–H groups in total. The maximum atomic E-state index is 12.6. The molecule has 1 amide bonds. The van der Waals surface area contributed by atoms with Gasteiger partial charge in [-0.15, -0.1) is 0 Å². The monoisotopic (exact) mass is 456 g/mol. The third-order valence-corrected chi connectivity index (χ3v) is 5.20. The summed E-state index contributed by atoms with van der Waals surface area (Å²) in [7, 11) is 1.48. The van der Waals surface area contributed by atoms with E-state index in [-0.39, 0.29) is 17.7 Å². The summed E-state index contributed by atoms with van der Waals surface area (Å²) in [6, 6.07) is 19.0. The summed E-state index contributed by atoms with van der Waals surface area (Å²) in [6.45, 7) is 4.08. The van der Waals surface area contributed by atoms with Gasteiger partial charge in [0.1, 0.15) is 18.2 Å². The van der Waals surface area contributed by atoms with Crippen LogP contribution in [-0.2, 0) is 11.4 Å². The van der Waals surface area contributed by atoms with Gasteiger partial charge in [0.15, 0.2) is 11.5 Å². The molecule has 0 aliphatic carbocycles. The van der Waals surface area contributed by atoms with Crippen LogP contribution in [0.4, 0.5) is 5.69 Å². The lowest BCUT2D eigenvalue weighted by atomic mass is 10.1. The van der Waals surface area contributed by atoms with Gasteiger partial charge in [0.05, 0.1) is 12.7 Å². The largest absolute Gasteiger partial charge is 0.493 e. The normalized spacial score (nSPS) is 10.8. The first-order valence-electron chi connectivity index (χ1n) is 10.4. The minimum absolute atomic E-state index is 0.0561. The van der Waals surface area contributed by atoms with Crippen LogP contribution in [0.5, 0.6) is 11.5 Å². The molecule has 0 unspecified atom stereocenters. The molecule has 0 radical (unpaired) electrons. The van der Waals surface area contributed by atoms with Crippen molar-refractivity contribution in [2.75, 3.05) is 12.4 Å². The molecule has 0 aromatic heterocycles. The number of aryl methyl sites for hydroxylation is 2. The average molecular weight is 456 g/mol. The quantitative estimate of drug-likeness (QED) is 0.359. The van der Waals surface area contributed by atoms with Crippen molar-refractivity contribution in [3.05, 3.63) is 94.1 Å². The first-order valence-corrected chi connectivity index (χ1v) is 10.4. The first-order chi connectivity index (χ1) is 16.3. The Morgan fingerprint density at radius 2 is 1.82 bits per heavy atom. The first kappa shape index (κ1) is 24.1. The zero-order valence-corrected chi connectivity index (χ0v) is 19.1. The number of nitrogens with one attached hydrogen (secondary N) is 1. The maximum absolute atomic E-state index is 12.6. The van der Waals surface area contributed by atoms with Crippen LogP contribution in [0.3, 0.4) is 0 Å². The summed E-state index contributed by atoms with van der Waals surface area (Å²) in [5.41, 5.74) is 4.16. The van der Waals surface area contributed by atoms with Crippen LogP contribution in [0.1, 0.15) is 32.6 Å². The van der Waals surface area contributed by atoms with Crippen molar-refractivity contribution in [2.45, 2.75) is 20.5 Å². The van der Waals surface area contributed by atoms with Crippen LogP contribution in [0.2, 0.25) is 0 Å². The average Bonchev–Trinajstić information content (AvgIpc) is 2.83. The number of anilines is 1. The molecule has 7 heteroatoms. The Morgan fingerprint density at radius 3 is 2.50 bits per heavy atom. The Morgan fingerprint density at radius 1 is 1.03 bits per heavy atom. The predicted octanol–water partition coefficient (Wildman–Crippen LogP) is 5.13. The number of nitriles is 1. The van der Waals surface area contributed by atoms with Crippen LogP contribution >= 0.6 is 0 Å². The van der Waals surface area contributed by atoms with E-state index in [1.165, 1.54) is 19.3 Å². The molecule has 34 heavy (non-hydrogen) atoms. The van der Waals surface area contributed by atoms with E-state index in [0.717, 1.165) is 11.1 Å². The van der Waals surface area contributed by atoms with Gasteiger partial charge in [-0.3, -0.25) is 4.79 Å². The van der Waals surface area contributed by atoms with Crippen molar-refractivity contribution >= 4 is 23.6 Å². The molecule has 3 aromatic carbocycles. The standard InChI is InChI=1S/C27H24N2O5/c1-17-7-9-23(11-18(17)2)29-26(30)22(15-28)12-19-8-10-24(25(14-19)33-3)34-16-20-5-4-6-21(13-20)27(31)32/h4-14H,16H2,1-3H3,(H,29,30)(H,31,32)/b22-12-. The second kappa shape index (κ2) is 10.8. The number of ether oxygens (including phenoxy) is 2. The Hall–Kier alpha value is -4.57. The van der Waals surface area contributed by atoms with E-state index < -0.39 is 11.9 Å². The molecular formula is C27H24N2O5. The Labute approximate surface area is 197 Å². The molecule has 0 spiro atoms. The molecule has 0 aliphatic heterocycles. The number of carbonyl (C=O) groups is 2. The van der Waals surface area contributed by atoms with Gasteiger partial charge in [0.2, 0.25) is 0 Å². The summed E-state index contributed by atoms with van der Waals surface area (Å²) in [5.74, 6) is -0.665. The number of nitrogens with zero attached hydrogens (tertiary/aromatic N) is 1. The van der Waals surface area contributed by atoms with Crippen molar-refractivity contribution < 1.29 is 24.2 Å². The van der Waals surface area contributed by atoms with Gasteiger partial charge in [0.25, 0.3) is 5.91 Å². The minimum atomic E-state index is -1.01. The van der Waals surface area contributed by atoms with Gasteiger partial charge >= 0.3 is 5.97 Å². The lowest BCUT2D eigenvalue weighted by Crippen LogP contribution is -2.13. The summed E-state index contributed by atoms with van der Waals surface area (Å²) in [5, 5.41) is 21.4. The summed E-state index contributed by atoms with van der Waals surface area (Å²) in [6.07, 6.45) is 1.47. The van der Waals surface area contributed by atoms with E-state index in [1.807, 2.05) is 32.0 Å². The highest BCUT2D eigenvalue weighted by molar-refractivity contribution is 6.09. The SMILES string of the molecule is COc1cc(/C=C(/C#N)C(=O)Nc2ccc(C)c(C)c2)ccc1OCc1cccc(C(=O)O)c1. The van der Waals surface area contributed by atoms with Crippen LogP contribution in [0.15, 0.2) is 66.2 Å². The third-order valence-electron chi connectivity index (χ3n) is 5.20. The van der Waals surface area contributed by atoms with Gasteiger partial charge in [0, 0.05) is 5.69 Å². The molecule has 3 aromatic rings. The molecule has 3 rings (SSSR count). The highest BCUT2D eigenvalue weighted by Gasteiger charge is 2.12. The zero-order chi connectivity index (χ0) is 24.7. The van der Waals surface area contributed by atoms with Crippen LogP contribution in [0, 0.1) is 25.2 Å². The highest BCUT2D eigenvalue weighted by atomic mass is 16.5. The lowest BCUT2D eigenvalue weighted by molar-refractivity contribution is -0.112. The molecule has 0 atom stereocenters. The number of methoxy groups -OCH3 is 1. The molecule has 0 bridgehead atoms. The van der Waals surface area contributed by atoms with E-state index in [1.54, 1.807) is 42.5 Å². The Balaban J connectivity index is 1.75. The topological polar surface area (TPSA) is 109 Å². The molecule has 0 fully saturated rings. The number of benzene rings is 3. The molecular weight excluding hydrogens is 432 g/mol. The van der Waals surface area contributed by atoms with E-state index >= 15 is 0 Å². The Kier molecular flexibility index (Phi) is 7.67. The van der Waals surface area contributed by atoms with E-state index in [9.17, 15) is 14.9 Å². The Bertz CT molecular complexity index is 1300. The van der Waals surface area contributed by atoms with Crippen LogP contribution in [-0.4, -0.2) is 24.1 Å². The molecule has 0 saturated carbocycles. The van der Waals surface area contributed by atoms with E-state index in [2.05, 4.69) is 5.32 Å². The third kappa shape index (κ3) is 6.02. The number of amides is 1. The lowest BCUT2D eigenvalue weighted by Gasteiger charge is -2.12. The van der Waals surface area contributed by atoms with Gasteiger partial charge < -0.3 is 19.9 Å². The number of carboxylic acids is 1. The van der Waals surface area contributed by atoms with Crippen LogP contribution < -0.4 is 14.8 Å². The second-order valence-electron chi connectivity index (χ2n) is 7.63. The minimum Gasteiger partial charge on any atom is -0.493 e. The van der Waals surface area contributed by atoms with Gasteiger partial charge in [-0.25, -0.2) is 4.79 Å². The number of carbonyl (C=O) groups excluding carboxylic acids is 1. The molecule has 0 heterocycles. The number of hydrogen-bond acceptors (Lipinski definition) is 5. The van der Waals surface area contributed by atoms with E-state index in [4.69, 9.17) is 14.6 Å². The van der Waals surface area contributed by atoms with Gasteiger partial charge in [-0.2, -0.15) is 5.26 Å². The summed E-state index contributed by atoms with van der Waals surface area (Å²) in [4.78, 5) is 23.7. The number of hydrogen-bond donors (Lipinski definition) is 2. The predicted molar refractivity (Wildman–Crippen MR) is 129 cm³/mol. The molecule has 0 saturated heterocycles. The zero-order valence-electron chi connectivity index (χ0n) is 19.1. The fourth-order valence-corrected chi connectivity index (χ4v) is 3.18. The van der Waals surface area contributed by atoms with Crippen molar-refractivity contribution in [3.63, 3.8) is 0 Å². The summed E-state index contributed by atoms with van der Waals surface area (Å²) < 4.78 is 11.2.